The molecular weight excluding hydrogens is 984 g/mol. The standard InChI is InChI=1S/C26H24ClN5O5.C25H22ClN5O5/c1-17(23(33)36-2)15-32-25(34)30-24(31(26(32)35)16-18-6-8-19(27)9-7-18)29-20-10-12-21(13-11-20)37-22-5-3-4-14-28-22;1-16(22(32)33)14-31-24(34)29-23(30(25(31)35)15-17-5-7-18(26)8-6-17)28-19-9-11-20(12-10-19)36-21-4-2-3-13-27-21/h3-14,17H,15-16H2,1-2H3,(H,29,30,34);2-13,16H,14-15H2,1H3,(H,32,33)(H,28,29,34)/t17-;16-/m11/s1. The van der Waals surface area contributed by atoms with Gasteiger partial charge in [-0.25, -0.2) is 38.3 Å². The molecule has 0 bridgehead atoms. The number of benzene rings is 4. The Morgan fingerprint density at radius 3 is 1.32 bits per heavy atom. The van der Waals surface area contributed by atoms with E-state index in [4.69, 9.17) is 37.4 Å². The summed E-state index contributed by atoms with van der Waals surface area (Å²) in [6.45, 7) is 2.70. The molecule has 0 spiro atoms. The summed E-state index contributed by atoms with van der Waals surface area (Å²) in [4.78, 5) is 91.8. The zero-order valence-electron chi connectivity index (χ0n) is 39.3. The molecule has 0 saturated carbocycles. The van der Waals surface area contributed by atoms with E-state index in [1.807, 2.05) is 12.1 Å². The van der Waals surface area contributed by atoms with Crippen molar-refractivity contribution in [1.82, 2.24) is 38.2 Å². The van der Waals surface area contributed by atoms with Gasteiger partial charge in [-0.3, -0.25) is 18.7 Å². The van der Waals surface area contributed by atoms with Crippen LogP contribution in [0.1, 0.15) is 25.0 Å². The van der Waals surface area contributed by atoms with Crippen LogP contribution < -0.4 is 42.9 Å². The van der Waals surface area contributed by atoms with Gasteiger partial charge in [0.1, 0.15) is 11.5 Å². The Morgan fingerprint density at radius 1 is 0.562 bits per heavy atom. The third kappa shape index (κ3) is 14.1. The minimum absolute atomic E-state index is 0.0116. The topological polar surface area (TPSA) is 246 Å². The van der Waals surface area contributed by atoms with Crippen LogP contribution in [0.4, 0.5) is 23.3 Å². The number of hydrogen-bond acceptors (Lipinski definition) is 15. The number of carboxylic acids is 1. The van der Waals surface area contributed by atoms with Crippen molar-refractivity contribution >= 4 is 58.4 Å². The third-order valence-electron chi connectivity index (χ3n) is 10.7. The number of halogens is 2. The number of esters is 1. The maximum atomic E-state index is 13.4. The van der Waals surface area contributed by atoms with Crippen LogP contribution in [0.15, 0.2) is 165 Å². The van der Waals surface area contributed by atoms with Crippen molar-refractivity contribution in [2.24, 2.45) is 11.8 Å². The van der Waals surface area contributed by atoms with Gasteiger partial charge < -0.3 is 30.0 Å². The summed E-state index contributed by atoms with van der Waals surface area (Å²) < 4.78 is 20.5. The summed E-state index contributed by atoms with van der Waals surface area (Å²) in [6.07, 6.45) is 3.25. The van der Waals surface area contributed by atoms with Gasteiger partial charge in [0.25, 0.3) is 0 Å². The number of aliphatic carboxylic acids is 1. The number of aromatic nitrogens is 8. The molecule has 4 heterocycles. The van der Waals surface area contributed by atoms with Crippen molar-refractivity contribution in [2.75, 3.05) is 17.7 Å². The molecule has 0 aliphatic carbocycles. The van der Waals surface area contributed by atoms with E-state index in [0.717, 1.165) is 20.3 Å². The Balaban J connectivity index is 0.000000214. The Labute approximate surface area is 425 Å². The number of pyridine rings is 2. The first-order valence-electron chi connectivity index (χ1n) is 22.3. The number of anilines is 4. The average Bonchev–Trinajstić information content (AvgIpc) is 3.39. The number of rotatable bonds is 18. The van der Waals surface area contributed by atoms with Crippen LogP contribution in [0.3, 0.4) is 0 Å². The Bertz CT molecular complexity index is 3410. The lowest BCUT2D eigenvalue weighted by molar-refractivity contribution is -0.145. The quantitative estimate of drug-likeness (QED) is 0.0700. The largest absolute Gasteiger partial charge is 0.481 e. The molecule has 0 amide bonds. The minimum Gasteiger partial charge on any atom is -0.481 e. The molecule has 73 heavy (non-hydrogen) atoms. The van der Waals surface area contributed by atoms with Gasteiger partial charge in [0.05, 0.1) is 32.0 Å². The highest BCUT2D eigenvalue weighted by atomic mass is 35.5. The van der Waals surface area contributed by atoms with Crippen LogP contribution in [0.2, 0.25) is 10.0 Å². The first-order chi connectivity index (χ1) is 35.1. The zero-order chi connectivity index (χ0) is 52.0. The van der Waals surface area contributed by atoms with E-state index >= 15 is 0 Å². The van der Waals surface area contributed by atoms with Gasteiger partial charge in [-0.05, 0) is 96.1 Å². The van der Waals surface area contributed by atoms with Crippen LogP contribution >= 0.6 is 23.2 Å². The van der Waals surface area contributed by atoms with E-state index < -0.39 is 46.5 Å². The lowest BCUT2D eigenvalue weighted by atomic mass is 10.2. The fourth-order valence-electron chi connectivity index (χ4n) is 6.82. The number of nitrogens with zero attached hydrogens (tertiary/aromatic N) is 8. The maximum Gasteiger partial charge on any atom is 0.354 e. The second-order valence-corrected chi connectivity index (χ2v) is 17.0. The number of hydrogen-bond donors (Lipinski definition) is 3. The van der Waals surface area contributed by atoms with Gasteiger partial charge in [0.2, 0.25) is 23.7 Å². The lowest BCUT2D eigenvalue weighted by Gasteiger charge is -2.17. The Morgan fingerprint density at radius 2 is 0.959 bits per heavy atom. The predicted octanol–water partition coefficient (Wildman–Crippen LogP) is 7.61. The zero-order valence-corrected chi connectivity index (χ0v) is 40.8. The number of carbonyl (C=O) groups excluding carboxylic acids is 1. The van der Waals surface area contributed by atoms with E-state index in [0.29, 0.717) is 44.7 Å². The lowest BCUT2D eigenvalue weighted by Crippen LogP contribution is -2.44. The summed E-state index contributed by atoms with van der Waals surface area (Å²) in [5.74, 6) is -1.28. The normalized spacial score (nSPS) is 11.6. The fourth-order valence-corrected chi connectivity index (χ4v) is 7.07. The van der Waals surface area contributed by atoms with Gasteiger partial charge in [0, 0.05) is 59.0 Å². The summed E-state index contributed by atoms with van der Waals surface area (Å²) in [6, 6.07) is 38.2. The number of carbonyl (C=O) groups is 2. The second-order valence-electron chi connectivity index (χ2n) is 16.1. The van der Waals surface area contributed by atoms with Gasteiger partial charge in [0.15, 0.2) is 0 Å². The molecule has 22 heteroatoms. The minimum atomic E-state index is -1.12. The molecule has 3 N–H and O–H groups in total. The molecule has 4 aromatic heterocycles. The van der Waals surface area contributed by atoms with Crippen molar-refractivity contribution in [1.29, 1.82) is 0 Å². The van der Waals surface area contributed by atoms with Crippen molar-refractivity contribution in [3.63, 3.8) is 0 Å². The Kier molecular flexibility index (Phi) is 17.3. The molecule has 0 saturated heterocycles. The molecule has 0 unspecified atom stereocenters. The van der Waals surface area contributed by atoms with Crippen molar-refractivity contribution < 1.29 is 28.9 Å². The summed E-state index contributed by atoms with van der Waals surface area (Å²) >= 11 is 12.0. The van der Waals surface area contributed by atoms with Gasteiger partial charge in [-0.1, -0.05) is 73.4 Å². The van der Waals surface area contributed by atoms with Crippen molar-refractivity contribution in [2.45, 2.75) is 40.0 Å². The molecule has 374 valence electrons. The first-order valence-corrected chi connectivity index (χ1v) is 23.0. The van der Waals surface area contributed by atoms with E-state index in [1.54, 1.807) is 141 Å². The molecular formula is C51H46Cl2N10O10. The smallest absolute Gasteiger partial charge is 0.354 e. The van der Waals surface area contributed by atoms with Crippen LogP contribution in [0.25, 0.3) is 0 Å². The van der Waals surface area contributed by atoms with E-state index in [-0.39, 0.29) is 38.1 Å². The summed E-state index contributed by atoms with van der Waals surface area (Å²) in [5.41, 5.74) is -0.312. The second kappa shape index (κ2) is 24.3. The van der Waals surface area contributed by atoms with Gasteiger partial charge >= 0.3 is 34.7 Å². The summed E-state index contributed by atoms with van der Waals surface area (Å²) in [7, 11) is 1.25. The first kappa shape index (κ1) is 52.0. The highest BCUT2D eigenvalue weighted by Crippen LogP contribution is 2.25. The number of carboxylic acid groups (broad SMARTS) is 1. The number of ether oxygens (including phenoxy) is 3. The SMILES string of the molecule is COC(=O)[C@H](C)Cn1c(=O)nc(Nc2ccc(Oc3ccccn3)cc2)n(Cc2ccc(Cl)cc2)c1=O.C[C@H](Cn1c(=O)nc(Nc2ccc(Oc3ccccn3)cc2)n(Cc2ccc(Cl)cc2)c1=O)C(=O)O. The molecule has 0 aliphatic rings. The van der Waals surface area contributed by atoms with Crippen LogP contribution in [-0.4, -0.2) is 62.4 Å². The monoisotopic (exact) mass is 1030 g/mol. The summed E-state index contributed by atoms with van der Waals surface area (Å²) in [5, 5.41) is 16.4. The van der Waals surface area contributed by atoms with Crippen LogP contribution in [-0.2, 0) is 40.5 Å². The molecule has 8 aromatic rings. The van der Waals surface area contributed by atoms with E-state index in [9.17, 15) is 33.9 Å². The molecule has 8 rings (SSSR count). The highest BCUT2D eigenvalue weighted by Gasteiger charge is 2.22. The third-order valence-corrected chi connectivity index (χ3v) is 11.2. The van der Waals surface area contributed by atoms with Crippen molar-refractivity contribution in [3.05, 3.63) is 209 Å². The average molecular weight is 1030 g/mol. The van der Waals surface area contributed by atoms with Crippen molar-refractivity contribution in [3.8, 4) is 23.3 Å². The fraction of sp³-hybridized carbons (Fsp3) is 0.176. The van der Waals surface area contributed by atoms with E-state index in [1.165, 1.54) is 23.2 Å². The number of nitrogens with one attached hydrogen (secondary N) is 2. The van der Waals surface area contributed by atoms with E-state index in [2.05, 4.69) is 30.6 Å². The van der Waals surface area contributed by atoms with Crippen LogP contribution in [0.5, 0.6) is 23.3 Å². The molecule has 0 fully saturated rings. The molecule has 0 radical (unpaired) electrons. The van der Waals surface area contributed by atoms with Crippen LogP contribution in [0, 0.1) is 11.8 Å². The predicted molar refractivity (Wildman–Crippen MR) is 273 cm³/mol. The molecule has 2 atom stereocenters. The van der Waals surface area contributed by atoms with Gasteiger partial charge in [-0.15, -0.1) is 0 Å². The highest BCUT2D eigenvalue weighted by molar-refractivity contribution is 6.30. The molecule has 20 nitrogen and oxygen atoms in total. The molecule has 0 aliphatic heterocycles. The number of methoxy groups -OCH3 is 1. The maximum absolute atomic E-state index is 13.4. The molecule has 4 aromatic carbocycles. The van der Waals surface area contributed by atoms with Gasteiger partial charge in [-0.2, -0.15) is 9.97 Å². The Hall–Kier alpha value is -8.88.